The summed E-state index contributed by atoms with van der Waals surface area (Å²) in [5.41, 5.74) is 1.83. The Morgan fingerprint density at radius 2 is 1.97 bits per heavy atom. The molecule has 1 aromatic carbocycles. The molecule has 0 fully saturated rings. The molecule has 1 unspecified atom stereocenters. The van der Waals surface area contributed by atoms with Gasteiger partial charge in [-0.2, -0.15) is 0 Å². The number of rotatable bonds is 5. The molecule has 1 aliphatic carbocycles. The summed E-state index contributed by atoms with van der Waals surface area (Å²) in [6, 6.07) is 7.01. The number of aromatic amines is 1. The molecule has 0 aliphatic heterocycles. The Hall–Kier alpha value is -3.22. The van der Waals surface area contributed by atoms with Gasteiger partial charge in [0.15, 0.2) is 0 Å². The Kier molecular flexibility index (Phi) is 6.26. The average Bonchev–Trinajstić information content (AvgIpc) is 2.66. The predicted molar refractivity (Wildman–Crippen MR) is 109 cm³/mol. The standard InChI is InChI=1S/C22H24FN3O3/c1-13(2)24-21(28)17-12-16-18(4-3-5-19(16)26-22(17)29)25-20(27)11-8-14-6-9-15(23)10-7-14/h6-13,18H,3-5H2,1-2H3,(H,24,28)(H,25,27)(H,26,29)/b11-8+. The number of halogens is 1. The Balaban J connectivity index is 1.78. The van der Waals surface area contributed by atoms with Crippen molar-refractivity contribution in [2.24, 2.45) is 0 Å². The first-order valence-electron chi connectivity index (χ1n) is 9.64. The zero-order valence-corrected chi connectivity index (χ0v) is 16.4. The van der Waals surface area contributed by atoms with Gasteiger partial charge >= 0.3 is 0 Å². The van der Waals surface area contributed by atoms with Crippen molar-refractivity contribution in [2.45, 2.75) is 45.2 Å². The number of aromatic nitrogens is 1. The number of hydrogen-bond acceptors (Lipinski definition) is 3. The number of amides is 2. The minimum absolute atomic E-state index is 0.0421. The molecule has 7 heteroatoms. The second-order valence-electron chi connectivity index (χ2n) is 7.41. The summed E-state index contributed by atoms with van der Waals surface area (Å²) in [5, 5.41) is 5.65. The Bertz CT molecular complexity index is 993. The fourth-order valence-corrected chi connectivity index (χ4v) is 3.37. The van der Waals surface area contributed by atoms with Crippen LogP contribution in [0.2, 0.25) is 0 Å². The Labute approximate surface area is 168 Å². The van der Waals surface area contributed by atoms with Gasteiger partial charge in [0.2, 0.25) is 5.91 Å². The van der Waals surface area contributed by atoms with E-state index in [9.17, 15) is 18.8 Å². The largest absolute Gasteiger partial charge is 0.350 e. The lowest BCUT2D eigenvalue weighted by Gasteiger charge is -2.26. The number of hydrogen-bond donors (Lipinski definition) is 3. The minimum atomic E-state index is -0.434. The van der Waals surface area contributed by atoms with E-state index in [1.807, 2.05) is 13.8 Å². The second kappa shape index (κ2) is 8.86. The molecule has 0 bridgehead atoms. The van der Waals surface area contributed by atoms with Crippen molar-refractivity contribution in [3.05, 3.63) is 75.0 Å². The van der Waals surface area contributed by atoms with Crippen LogP contribution in [0.25, 0.3) is 6.08 Å². The lowest BCUT2D eigenvalue weighted by Crippen LogP contribution is -2.36. The molecule has 2 aromatic rings. The third-order valence-electron chi connectivity index (χ3n) is 4.73. The quantitative estimate of drug-likeness (QED) is 0.678. The molecule has 2 amide bonds. The van der Waals surface area contributed by atoms with E-state index in [1.54, 1.807) is 24.3 Å². The molecule has 0 radical (unpaired) electrons. The predicted octanol–water partition coefficient (Wildman–Crippen LogP) is 2.86. The van der Waals surface area contributed by atoms with Crippen molar-refractivity contribution in [3.8, 4) is 0 Å². The maximum atomic E-state index is 13.0. The highest BCUT2D eigenvalue weighted by molar-refractivity contribution is 5.94. The summed E-state index contributed by atoms with van der Waals surface area (Å²) in [6.45, 7) is 3.64. The lowest BCUT2D eigenvalue weighted by atomic mass is 9.90. The van der Waals surface area contributed by atoms with E-state index in [0.29, 0.717) is 18.4 Å². The number of benzene rings is 1. The first-order valence-corrected chi connectivity index (χ1v) is 9.64. The molecule has 152 valence electrons. The number of carbonyl (C=O) groups excluding carboxylic acids is 2. The number of fused-ring (bicyclic) bond motifs is 1. The van der Waals surface area contributed by atoms with Gasteiger partial charge in [0.05, 0.1) is 6.04 Å². The van der Waals surface area contributed by atoms with Gasteiger partial charge in [-0.25, -0.2) is 4.39 Å². The van der Waals surface area contributed by atoms with Crippen LogP contribution < -0.4 is 16.2 Å². The van der Waals surface area contributed by atoms with E-state index < -0.39 is 11.5 Å². The molecule has 3 N–H and O–H groups in total. The summed E-state index contributed by atoms with van der Waals surface area (Å²) in [4.78, 5) is 39.8. The van der Waals surface area contributed by atoms with Gasteiger partial charge < -0.3 is 15.6 Å². The smallest absolute Gasteiger partial charge is 0.261 e. The Morgan fingerprint density at radius 3 is 2.66 bits per heavy atom. The SMILES string of the molecule is CC(C)NC(=O)c1cc2c([nH]c1=O)CCCC2NC(=O)/C=C/c1ccc(F)cc1. The highest BCUT2D eigenvalue weighted by atomic mass is 19.1. The minimum Gasteiger partial charge on any atom is -0.350 e. The molecule has 1 heterocycles. The summed E-state index contributed by atoms with van der Waals surface area (Å²) >= 11 is 0. The molecular weight excluding hydrogens is 373 g/mol. The van der Waals surface area contributed by atoms with Crippen LogP contribution in [-0.2, 0) is 11.2 Å². The third kappa shape index (κ3) is 5.19. The molecule has 0 saturated carbocycles. The number of H-pyrrole nitrogens is 1. The van der Waals surface area contributed by atoms with Gasteiger partial charge in [-0.15, -0.1) is 0 Å². The molecule has 6 nitrogen and oxygen atoms in total. The van der Waals surface area contributed by atoms with Crippen LogP contribution in [-0.4, -0.2) is 22.8 Å². The summed E-state index contributed by atoms with van der Waals surface area (Å²) in [5.74, 6) is -1.07. The molecule has 1 aromatic heterocycles. The topological polar surface area (TPSA) is 91.1 Å². The van der Waals surface area contributed by atoms with Crippen LogP contribution in [0.15, 0.2) is 41.2 Å². The van der Waals surface area contributed by atoms with Crippen molar-refractivity contribution >= 4 is 17.9 Å². The molecular formula is C22H24FN3O3. The first kappa shape index (κ1) is 20.5. The number of nitrogens with one attached hydrogen (secondary N) is 3. The van der Waals surface area contributed by atoms with E-state index in [4.69, 9.17) is 0 Å². The molecule has 1 aliphatic rings. The van der Waals surface area contributed by atoms with Crippen LogP contribution in [0, 0.1) is 5.82 Å². The van der Waals surface area contributed by atoms with Gasteiger partial charge in [0, 0.05) is 17.8 Å². The fourth-order valence-electron chi connectivity index (χ4n) is 3.37. The number of carbonyl (C=O) groups is 2. The third-order valence-corrected chi connectivity index (χ3v) is 4.73. The molecule has 1 atom stereocenters. The maximum absolute atomic E-state index is 13.0. The first-order chi connectivity index (χ1) is 13.8. The van der Waals surface area contributed by atoms with Crippen molar-refractivity contribution in [1.82, 2.24) is 15.6 Å². The van der Waals surface area contributed by atoms with Crippen LogP contribution >= 0.6 is 0 Å². The molecule has 3 rings (SSSR count). The van der Waals surface area contributed by atoms with E-state index in [0.717, 1.165) is 17.7 Å². The van der Waals surface area contributed by atoms with Crippen molar-refractivity contribution in [2.75, 3.05) is 0 Å². The molecule has 29 heavy (non-hydrogen) atoms. The van der Waals surface area contributed by atoms with Gasteiger partial charge in [-0.3, -0.25) is 14.4 Å². The monoisotopic (exact) mass is 397 g/mol. The van der Waals surface area contributed by atoms with Gasteiger partial charge in [0.25, 0.3) is 11.5 Å². The fraction of sp³-hybridized carbons (Fsp3) is 0.318. The van der Waals surface area contributed by atoms with E-state index >= 15 is 0 Å². The zero-order valence-electron chi connectivity index (χ0n) is 16.4. The van der Waals surface area contributed by atoms with E-state index in [2.05, 4.69) is 15.6 Å². The van der Waals surface area contributed by atoms with Crippen LogP contribution in [0.1, 0.15) is 59.9 Å². The maximum Gasteiger partial charge on any atom is 0.261 e. The number of aryl methyl sites for hydroxylation is 1. The summed E-state index contributed by atoms with van der Waals surface area (Å²) in [7, 11) is 0. The normalized spacial score (nSPS) is 15.9. The zero-order chi connectivity index (χ0) is 21.0. The summed E-state index contributed by atoms with van der Waals surface area (Å²) in [6.07, 6.45) is 5.20. The number of pyridine rings is 1. The van der Waals surface area contributed by atoms with Gasteiger partial charge in [-0.05, 0) is 68.5 Å². The summed E-state index contributed by atoms with van der Waals surface area (Å²) < 4.78 is 13.0. The van der Waals surface area contributed by atoms with Crippen molar-refractivity contribution in [3.63, 3.8) is 0 Å². The lowest BCUT2D eigenvalue weighted by molar-refractivity contribution is -0.117. The van der Waals surface area contributed by atoms with Gasteiger partial charge in [0.1, 0.15) is 11.4 Å². The van der Waals surface area contributed by atoms with E-state index in [-0.39, 0.29) is 29.4 Å². The highest BCUT2D eigenvalue weighted by Gasteiger charge is 2.25. The molecule has 0 saturated heterocycles. The van der Waals surface area contributed by atoms with Crippen LogP contribution in [0.3, 0.4) is 0 Å². The Morgan fingerprint density at radius 1 is 1.24 bits per heavy atom. The van der Waals surface area contributed by atoms with Crippen molar-refractivity contribution < 1.29 is 14.0 Å². The molecule has 0 spiro atoms. The van der Waals surface area contributed by atoms with Crippen molar-refractivity contribution in [1.29, 1.82) is 0 Å². The highest BCUT2D eigenvalue weighted by Crippen LogP contribution is 2.28. The van der Waals surface area contributed by atoms with E-state index in [1.165, 1.54) is 18.2 Å². The van der Waals surface area contributed by atoms with Crippen LogP contribution in [0.4, 0.5) is 4.39 Å². The van der Waals surface area contributed by atoms with Gasteiger partial charge in [-0.1, -0.05) is 12.1 Å². The average molecular weight is 397 g/mol. The van der Waals surface area contributed by atoms with Crippen LogP contribution in [0.5, 0.6) is 0 Å². The second-order valence-corrected chi connectivity index (χ2v) is 7.41.